The molecule has 0 saturated carbocycles. The molecule has 0 spiro atoms. The lowest BCUT2D eigenvalue weighted by molar-refractivity contribution is -0.150. The van der Waals surface area contributed by atoms with Gasteiger partial charge in [0.15, 0.2) is 17.8 Å². The van der Waals surface area contributed by atoms with Crippen molar-refractivity contribution in [3.8, 4) is 5.75 Å². The van der Waals surface area contributed by atoms with E-state index in [0.29, 0.717) is 10.9 Å². The molecule has 0 unspecified atom stereocenters. The van der Waals surface area contributed by atoms with Gasteiger partial charge in [-0.2, -0.15) is 0 Å². The van der Waals surface area contributed by atoms with Crippen molar-refractivity contribution in [3.05, 3.63) is 39.7 Å². The minimum Gasteiger partial charge on any atom is -0.483 e. The molecule has 31 heavy (non-hydrogen) atoms. The summed E-state index contributed by atoms with van der Waals surface area (Å²) < 4.78 is 28.1. The zero-order chi connectivity index (χ0) is 22.1. The van der Waals surface area contributed by atoms with Gasteiger partial charge in [0.1, 0.15) is 18.0 Å². The van der Waals surface area contributed by atoms with Crippen LogP contribution in [-0.2, 0) is 30.2 Å². The molecule has 4 rings (SSSR count). The highest BCUT2D eigenvalue weighted by molar-refractivity contribution is 5.99. The first-order valence-corrected chi connectivity index (χ1v) is 10.4. The number of carbonyl (C=O) groups excluding carboxylic acids is 2. The smallest absolute Gasteiger partial charge is 0.347 e. The van der Waals surface area contributed by atoms with E-state index in [4.69, 9.17) is 23.7 Å². The zero-order valence-corrected chi connectivity index (χ0v) is 17.6. The van der Waals surface area contributed by atoms with Gasteiger partial charge < -0.3 is 28.7 Å². The molecule has 1 aromatic heterocycles. The van der Waals surface area contributed by atoms with Gasteiger partial charge in [-0.25, -0.2) is 4.79 Å². The monoisotopic (exact) mass is 431 g/mol. The van der Waals surface area contributed by atoms with E-state index in [1.807, 2.05) is 25.1 Å². The third-order valence-corrected chi connectivity index (χ3v) is 5.47. The van der Waals surface area contributed by atoms with Crippen LogP contribution in [0.5, 0.6) is 5.75 Å². The Kier molecular flexibility index (Phi) is 5.97. The van der Waals surface area contributed by atoms with E-state index >= 15 is 0 Å². The molecule has 9 nitrogen and oxygen atoms in total. The van der Waals surface area contributed by atoms with Gasteiger partial charge in [0.2, 0.25) is 0 Å². The van der Waals surface area contributed by atoms with E-state index in [1.165, 1.54) is 6.92 Å². The highest BCUT2D eigenvalue weighted by Gasteiger charge is 2.51. The van der Waals surface area contributed by atoms with Crippen LogP contribution in [-0.4, -0.2) is 61.2 Å². The number of rotatable bonds is 6. The fourth-order valence-electron chi connectivity index (χ4n) is 4.04. The molecule has 0 radical (unpaired) electrons. The summed E-state index contributed by atoms with van der Waals surface area (Å²) in [6, 6.07) is 5.58. The molecular formula is C22H25NO8. The van der Waals surface area contributed by atoms with Crippen LogP contribution < -0.4 is 10.3 Å². The van der Waals surface area contributed by atoms with Crippen molar-refractivity contribution in [2.75, 3.05) is 19.8 Å². The van der Waals surface area contributed by atoms with Crippen molar-refractivity contribution in [3.63, 3.8) is 0 Å². The van der Waals surface area contributed by atoms with Crippen molar-refractivity contribution in [1.82, 2.24) is 4.98 Å². The molecule has 1 aromatic carbocycles. The maximum absolute atomic E-state index is 12.8. The average Bonchev–Trinajstić information content (AvgIpc) is 3.30. The van der Waals surface area contributed by atoms with Gasteiger partial charge >= 0.3 is 11.9 Å². The first-order valence-electron chi connectivity index (χ1n) is 10.4. The van der Waals surface area contributed by atoms with Gasteiger partial charge in [0.05, 0.1) is 25.3 Å². The van der Waals surface area contributed by atoms with Crippen molar-refractivity contribution in [2.45, 2.75) is 51.6 Å². The Morgan fingerprint density at radius 1 is 1.13 bits per heavy atom. The number of ether oxygens (including phenoxy) is 5. The second-order valence-electron chi connectivity index (χ2n) is 7.51. The number of aromatic nitrogens is 1. The number of esters is 2. The number of pyridine rings is 1. The fourth-order valence-corrected chi connectivity index (χ4v) is 4.04. The van der Waals surface area contributed by atoms with E-state index in [9.17, 15) is 14.4 Å². The predicted molar refractivity (Wildman–Crippen MR) is 109 cm³/mol. The second-order valence-corrected chi connectivity index (χ2v) is 7.51. The van der Waals surface area contributed by atoms with Gasteiger partial charge in [-0.05, 0) is 31.0 Å². The number of H-pyrrole nitrogens is 1. The molecule has 0 amide bonds. The molecule has 4 atom stereocenters. The van der Waals surface area contributed by atoms with Crippen LogP contribution in [0.4, 0.5) is 0 Å². The predicted octanol–water partition coefficient (Wildman–Crippen LogP) is 1.74. The summed E-state index contributed by atoms with van der Waals surface area (Å²) in [4.78, 5) is 39.5. The van der Waals surface area contributed by atoms with E-state index in [1.54, 1.807) is 6.92 Å². The molecule has 0 aliphatic carbocycles. The normalized spacial score (nSPS) is 24.7. The van der Waals surface area contributed by atoms with Crippen molar-refractivity contribution < 1.29 is 33.3 Å². The SMILES string of the molecule is CCOC(=O)c1c(O[C@H]2CO[C@H]3[C@@H]2OC[C@@H]3OC(C)=O)c2ccc(CC)cc2[nH]c1=O. The molecule has 2 fully saturated rings. The molecule has 166 valence electrons. The minimum atomic E-state index is -0.763. The number of benzene rings is 1. The Morgan fingerprint density at radius 3 is 2.52 bits per heavy atom. The Balaban J connectivity index is 1.72. The van der Waals surface area contributed by atoms with Crippen molar-refractivity contribution in [2.24, 2.45) is 0 Å². The van der Waals surface area contributed by atoms with Crippen LogP contribution in [0.1, 0.15) is 36.7 Å². The summed E-state index contributed by atoms with van der Waals surface area (Å²) in [6.07, 6.45) is -1.29. The quantitative estimate of drug-likeness (QED) is 0.689. The number of aromatic amines is 1. The summed E-state index contributed by atoms with van der Waals surface area (Å²) in [6.45, 7) is 5.48. The number of nitrogens with one attached hydrogen (secondary N) is 1. The summed E-state index contributed by atoms with van der Waals surface area (Å²) >= 11 is 0. The Bertz CT molecular complexity index is 1060. The average molecular weight is 431 g/mol. The second kappa shape index (κ2) is 8.68. The molecule has 2 aromatic rings. The highest BCUT2D eigenvalue weighted by Crippen LogP contribution is 2.35. The van der Waals surface area contributed by atoms with Gasteiger partial charge in [-0.1, -0.05) is 13.0 Å². The topological polar surface area (TPSA) is 113 Å². The number of fused-ring (bicyclic) bond motifs is 2. The Hall–Kier alpha value is -2.91. The fraction of sp³-hybridized carbons (Fsp3) is 0.500. The maximum Gasteiger partial charge on any atom is 0.347 e. The Labute approximate surface area is 178 Å². The van der Waals surface area contributed by atoms with Gasteiger partial charge in [-0.3, -0.25) is 9.59 Å². The first-order chi connectivity index (χ1) is 14.9. The van der Waals surface area contributed by atoms with Crippen LogP contribution in [0.3, 0.4) is 0 Å². The largest absolute Gasteiger partial charge is 0.483 e. The van der Waals surface area contributed by atoms with Gasteiger partial charge in [0.25, 0.3) is 5.56 Å². The lowest BCUT2D eigenvalue weighted by Gasteiger charge is -2.21. The van der Waals surface area contributed by atoms with E-state index in [-0.39, 0.29) is 31.1 Å². The van der Waals surface area contributed by atoms with Gasteiger partial charge in [0, 0.05) is 12.3 Å². The summed E-state index contributed by atoms with van der Waals surface area (Å²) in [5, 5.41) is 0.581. The molecular weight excluding hydrogens is 406 g/mol. The summed E-state index contributed by atoms with van der Waals surface area (Å²) in [7, 11) is 0. The standard InChI is InChI=1S/C22H25NO8/c1-4-12-6-7-13-14(8-12)23-21(25)17(22(26)27-5-2)18(13)31-16-10-29-19-15(30-11(3)24)9-28-20(16)19/h6-8,15-16,19-20H,4-5,9-10H2,1-3H3,(H,23,25)/t15-,16-,19+,20+/m0/s1. The van der Waals surface area contributed by atoms with Crippen LogP contribution in [0.15, 0.2) is 23.0 Å². The lowest BCUT2D eigenvalue weighted by Crippen LogP contribution is -2.36. The van der Waals surface area contributed by atoms with E-state index in [0.717, 1.165) is 12.0 Å². The van der Waals surface area contributed by atoms with Crippen LogP contribution >= 0.6 is 0 Å². The van der Waals surface area contributed by atoms with E-state index in [2.05, 4.69) is 4.98 Å². The maximum atomic E-state index is 12.8. The minimum absolute atomic E-state index is 0.120. The number of aryl methyl sites for hydroxylation is 1. The first kappa shape index (κ1) is 21.3. The number of carbonyl (C=O) groups is 2. The number of hydrogen-bond acceptors (Lipinski definition) is 8. The number of hydrogen-bond donors (Lipinski definition) is 1. The summed E-state index contributed by atoms with van der Waals surface area (Å²) in [5.41, 5.74) is 0.810. The molecule has 2 saturated heterocycles. The molecule has 9 heteroatoms. The third kappa shape index (κ3) is 4.03. The Morgan fingerprint density at radius 2 is 1.84 bits per heavy atom. The molecule has 2 aliphatic heterocycles. The summed E-state index contributed by atoms with van der Waals surface area (Å²) in [5.74, 6) is -1.05. The van der Waals surface area contributed by atoms with Crippen LogP contribution in [0, 0.1) is 0 Å². The van der Waals surface area contributed by atoms with Crippen LogP contribution in [0.25, 0.3) is 10.9 Å². The molecule has 0 bridgehead atoms. The molecule has 3 heterocycles. The highest BCUT2D eigenvalue weighted by atomic mass is 16.7. The van der Waals surface area contributed by atoms with Crippen molar-refractivity contribution in [1.29, 1.82) is 0 Å². The molecule has 1 N–H and O–H groups in total. The molecule has 2 aliphatic rings. The third-order valence-electron chi connectivity index (χ3n) is 5.47. The van der Waals surface area contributed by atoms with Crippen molar-refractivity contribution >= 4 is 22.8 Å². The van der Waals surface area contributed by atoms with Crippen LogP contribution in [0.2, 0.25) is 0 Å². The van der Waals surface area contributed by atoms with Gasteiger partial charge in [-0.15, -0.1) is 0 Å². The van der Waals surface area contributed by atoms with E-state index < -0.39 is 41.9 Å². The lowest BCUT2D eigenvalue weighted by atomic mass is 10.1. The zero-order valence-electron chi connectivity index (χ0n) is 17.6.